The van der Waals surface area contributed by atoms with Crippen LogP contribution in [0.2, 0.25) is 0 Å². The number of benzene rings is 1. The van der Waals surface area contributed by atoms with Crippen molar-refractivity contribution in [2.75, 3.05) is 0 Å². The molecule has 1 saturated carbocycles. The van der Waals surface area contributed by atoms with Crippen LogP contribution in [0.1, 0.15) is 83.2 Å². The van der Waals surface area contributed by atoms with Gasteiger partial charge in [-0.05, 0) is 78.4 Å². The standard InChI is InChI=1S/C23H24BrN3O/c1-14-21(24)23-25-13-19(22(17-11-12-17)27(23)26-14)20(28)8-4-6-16-10-9-15-5-2-3-7-18(15)16/h2-3,5,7,13,16-17H,4,6,8-12H2,1H3/t16-/m0/s1. The second-order valence-corrected chi connectivity index (χ2v) is 9.01. The first-order valence-electron chi connectivity index (χ1n) is 10.3. The fourth-order valence-corrected chi connectivity index (χ4v) is 4.98. The summed E-state index contributed by atoms with van der Waals surface area (Å²) in [5.74, 6) is 1.27. The number of carbonyl (C=O) groups excluding carboxylic acids is 1. The van der Waals surface area contributed by atoms with Crippen molar-refractivity contribution < 1.29 is 4.79 Å². The number of rotatable bonds is 6. The maximum atomic E-state index is 13.1. The molecular weight excluding hydrogens is 414 g/mol. The second-order valence-electron chi connectivity index (χ2n) is 8.22. The van der Waals surface area contributed by atoms with Crippen molar-refractivity contribution in [3.63, 3.8) is 0 Å². The number of ketones is 1. The first kappa shape index (κ1) is 18.0. The van der Waals surface area contributed by atoms with Crippen molar-refractivity contribution in [3.05, 3.63) is 63.0 Å². The molecule has 1 fully saturated rings. The van der Waals surface area contributed by atoms with E-state index in [0.717, 1.165) is 52.8 Å². The molecule has 144 valence electrons. The highest BCUT2D eigenvalue weighted by Gasteiger charge is 2.32. The minimum Gasteiger partial charge on any atom is -0.294 e. The summed E-state index contributed by atoms with van der Waals surface area (Å²) in [6.07, 6.45) is 9.05. The van der Waals surface area contributed by atoms with Gasteiger partial charge in [0.15, 0.2) is 11.4 Å². The van der Waals surface area contributed by atoms with Gasteiger partial charge in [-0.25, -0.2) is 9.50 Å². The van der Waals surface area contributed by atoms with Crippen LogP contribution >= 0.6 is 15.9 Å². The molecule has 0 saturated heterocycles. The molecule has 0 spiro atoms. The van der Waals surface area contributed by atoms with Gasteiger partial charge in [0.25, 0.3) is 0 Å². The number of carbonyl (C=O) groups is 1. The number of Topliss-reactive ketones (excluding diaryl/α,β-unsaturated/α-hetero) is 1. The zero-order valence-electron chi connectivity index (χ0n) is 16.1. The highest BCUT2D eigenvalue weighted by atomic mass is 79.9. The molecule has 28 heavy (non-hydrogen) atoms. The molecule has 5 rings (SSSR count). The van der Waals surface area contributed by atoms with Gasteiger partial charge in [-0.15, -0.1) is 0 Å². The topological polar surface area (TPSA) is 47.3 Å². The Kier molecular flexibility index (Phi) is 4.58. The minimum atomic E-state index is 0.215. The number of hydrogen-bond acceptors (Lipinski definition) is 3. The molecule has 1 aromatic carbocycles. The third kappa shape index (κ3) is 3.10. The average molecular weight is 438 g/mol. The fraction of sp³-hybridized carbons (Fsp3) is 0.435. The Balaban J connectivity index is 1.33. The summed E-state index contributed by atoms with van der Waals surface area (Å²) in [4.78, 5) is 17.6. The summed E-state index contributed by atoms with van der Waals surface area (Å²) in [7, 11) is 0. The van der Waals surface area contributed by atoms with Crippen LogP contribution in [0.3, 0.4) is 0 Å². The van der Waals surface area contributed by atoms with E-state index in [1.807, 2.05) is 11.4 Å². The Morgan fingerprint density at radius 3 is 2.89 bits per heavy atom. The zero-order chi connectivity index (χ0) is 19.3. The van der Waals surface area contributed by atoms with E-state index in [2.05, 4.69) is 50.3 Å². The molecule has 0 amide bonds. The van der Waals surface area contributed by atoms with E-state index < -0.39 is 0 Å². The second kappa shape index (κ2) is 7.11. The summed E-state index contributed by atoms with van der Waals surface area (Å²) in [5.41, 5.74) is 6.56. The molecule has 5 heteroatoms. The Hall–Kier alpha value is -2.01. The van der Waals surface area contributed by atoms with Crippen LogP contribution in [0.15, 0.2) is 34.9 Å². The van der Waals surface area contributed by atoms with E-state index in [1.54, 1.807) is 6.20 Å². The molecular formula is C23H24BrN3O. The van der Waals surface area contributed by atoms with E-state index in [0.29, 0.717) is 18.3 Å². The summed E-state index contributed by atoms with van der Waals surface area (Å²) in [6.45, 7) is 1.97. The quantitative estimate of drug-likeness (QED) is 0.460. The number of hydrogen-bond donors (Lipinski definition) is 0. The van der Waals surface area contributed by atoms with Crippen LogP contribution in [-0.2, 0) is 6.42 Å². The van der Waals surface area contributed by atoms with Gasteiger partial charge in [0.05, 0.1) is 21.4 Å². The molecule has 0 N–H and O–H groups in total. The summed E-state index contributed by atoms with van der Waals surface area (Å²) in [6, 6.07) is 8.77. The molecule has 2 aliphatic rings. The monoisotopic (exact) mass is 437 g/mol. The molecule has 2 aromatic heterocycles. The van der Waals surface area contributed by atoms with Crippen LogP contribution < -0.4 is 0 Å². The van der Waals surface area contributed by atoms with Gasteiger partial charge in [0.1, 0.15) is 0 Å². The van der Waals surface area contributed by atoms with Crippen molar-refractivity contribution in [2.45, 2.75) is 63.7 Å². The van der Waals surface area contributed by atoms with Crippen molar-refractivity contribution in [3.8, 4) is 0 Å². The first-order valence-corrected chi connectivity index (χ1v) is 11.1. The summed E-state index contributed by atoms with van der Waals surface area (Å²) in [5, 5.41) is 4.64. The Labute approximate surface area is 173 Å². The van der Waals surface area contributed by atoms with Crippen LogP contribution in [0.5, 0.6) is 0 Å². The SMILES string of the molecule is Cc1nn2c(C3CC3)c(C(=O)CCC[C@H]3CCc4ccccc43)cnc2c1Br. The lowest BCUT2D eigenvalue weighted by atomic mass is 9.94. The lowest BCUT2D eigenvalue weighted by molar-refractivity contribution is 0.0976. The Morgan fingerprint density at radius 1 is 1.25 bits per heavy atom. The molecule has 0 bridgehead atoms. The number of aromatic nitrogens is 3. The van der Waals surface area contributed by atoms with E-state index in [-0.39, 0.29) is 5.78 Å². The number of halogens is 1. The lowest BCUT2D eigenvalue weighted by Crippen LogP contribution is -2.11. The van der Waals surface area contributed by atoms with E-state index >= 15 is 0 Å². The van der Waals surface area contributed by atoms with E-state index in [4.69, 9.17) is 0 Å². The van der Waals surface area contributed by atoms with Crippen LogP contribution in [0, 0.1) is 6.92 Å². The highest BCUT2D eigenvalue weighted by Crippen LogP contribution is 2.43. The van der Waals surface area contributed by atoms with Gasteiger partial charge in [-0.3, -0.25) is 4.79 Å². The maximum Gasteiger partial charge on any atom is 0.169 e. The van der Waals surface area contributed by atoms with Crippen molar-refractivity contribution >= 4 is 27.4 Å². The lowest BCUT2D eigenvalue weighted by Gasteiger charge is -2.12. The molecule has 4 nitrogen and oxygen atoms in total. The maximum absolute atomic E-state index is 13.1. The van der Waals surface area contributed by atoms with Crippen molar-refractivity contribution in [2.24, 2.45) is 0 Å². The third-order valence-corrected chi connectivity index (χ3v) is 7.19. The average Bonchev–Trinajstić information content (AvgIpc) is 3.40. The van der Waals surface area contributed by atoms with Gasteiger partial charge in [-0.1, -0.05) is 24.3 Å². The molecule has 1 atom stereocenters. The van der Waals surface area contributed by atoms with Crippen LogP contribution in [0.25, 0.3) is 5.65 Å². The number of fused-ring (bicyclic) bond motifs is 2. The first-order chi connectivity index (χ1) is 13.6. The largest absolute Gasteiger partial charge is 0.294 e. The van der Waals surface area contributed by atoms with E-state index in [1.165, 1.54) is 24.0 Å². The van der Waals surface area contributed by atoms with Gasteiger partial charge < -0.3 is 0 Å². The molecule has 0 unspecified atom stereocenters. The van der Waals surface area contributed by atoms with Gasteiger partial charge in [-0.2, -0.15) is 5.10 Å². The molecule has 2 aliphatic carbocycles. The van der Waals surface area contributed by atoms with Gasteiger partial charge in [0.2, 0.25) is 0 Å². The summed E-state index contributed by atoms with van der Waals surface area (Å²) < 4.78 is 2.82. The van der Waals surface area contributed by atoms with Crippen LogP contribution in [-0.4, -0.2) is 20.4 Å². The predicted molar refractivity (Wildman–Crippen MR) is 113 cm³/mol. The summed E-state index contributed by atoms with van der Waals surface area (Å²) >= 11 is 3.58. The minimum absolute atomic E-state index is 0.215. The highest BCUT2D eigenvalue weighted by molar-refractivity contribution is 9.10. The number of nitrogens with zero attached hydrogens (tertiary/aromatic N) is 3. The normalized spacial score (nSPS) is 18.6. The molecule has 3 aromatic rings. The van der Waals surface area contributed by atoms with Crippen LogP contribution in [0.4, 0.5) is 0 Å². The molecule has 0 radical (unpaired) electrons. The van der Waals surface area contributed by atoms with E-state index in [9.17, 15) is 4.79 Å². The number of aryl methyl sites for hydroxylation is 2. The molecule has 0 aliphatic heterocycles. The van der Waals surface area contributed by atoms with Crippen molar-refractivity contribution in [1.82, 2.24) is 14.6 Å². The van der Waals surface area contributed by atoms with Gasteiger partial charge in [0, 0.05) is 18.5 Å². The predicted octanol–water partition coefficient (Wildman–Crippen LogP) is 5.76. The zero-order valence-corrected chi connectivity index (χ0v) is 17.7. The smallest absolute Gasteiger partial charge is 0.169 e. The Bertz CT molecular complexity index is 1070. The molecule has 2 heterocycles. The van der Waals surface area contributed by atoms with Crippen molar-refractivity contribution in [1.29, 1.82) is 0 Å². The third-order valence-electron chi connectivity index (χ3n) is 6.26. The fourth-order valence-electron chi connectivity index (χ4n) is 4.63. The Morgan fingerprint density at radius 2 is 2.07 bits per heavy atom. The van der Waals surface area contributed by atoms with Gasteiger partial charge >= 0.3 is 0 Å².